The van der Waals surface area contributed by atoms with Crippen LogP contribution in [0.15, 0.2) is 0 Å². The maximum Gasteiger partial charge on any atom is 0.239 e. The van der Waals surface area contributed by atoms with Crippen molar-refractivity contribution in [3.63, 3.8) is 0 Å². The van der Waals surface area contributed by atoms with Crippen LogP contribution in [-0.4, -0.2) is 61.6 Å². The molecule has 0 aliphatic carbocycles. The summed E-state index contributed by atoms with van der Waals surface area (Å²) < 4.78 is 5.40. The van der Waals surface area contributed by atoms with Gasteiger partial charge in [-0.25, -0.2) is 0 Å². The Morgan fingerprint density at radius 3 is 2.55 bits per heavy atom. The van der Waals surface area contributed by atoms with E-state index in [1.165, 1.54) is 0 Å². The van der Waals surface area contributed by atoms with Crippen LogP contribution in [0.2, 0.25) is 0 Å². The summed E-state index contributed by atoms with van der Waals surface area (Å²) >= 11 is 0. The molecule has 6 nitrogen and oxygen atoms in total. The van der Waals surface area contributed by atoms with E-state index in [1.807, 2.05) is 27.7 Å². The van der Waals surface area contributed by atoms with Crippen molar-refractivity contribution < 1.29 is 14.3 Å². The van der Waals surface area contributed by atoms with E-state index >= 15 is 0 Å². The minimum Gasteiger partial charge on any atom is -0.379 e. The molecule has 20 heavy (non-hydrogen) atoms. The monoisotopic (exact) mass is 285 g/mol. The molecule has 0 saturated carbocycles. The second-order valence-corrected chi connectivity index (χ2v) is 5.38. The fourth-order valence-corrected chi connectivity index (χ4v) is 2.38. The van der Waals surface area contributed by atoms with Gasteiger partial charge in [-0.2, -0.15) is 0 Å². The van der Waals surface area contributed by atoms with Crippen LogP contribution < -0.4 is 10.6 Å². The van der Waals surface area contributed by atoms with Gasteiger partial charge in [-0.15, -0.1) is 0 Å². The first kappa shape index (κ1) is 16.9. The molecule has 1 aliphatic rings. The molecule has 2 amide bonds. The number of nitrogens with one attached hydrogen (secondary N) is 2. The quantitative estimate of drug-likeness (QED) is 0.690. The highest BCUT2D eigenvalue weighted by atomic mass is 16.5. The highest BCUT2D eigenvalue weighted by molar-refractivity contribution is 5.86. The molecule has 2 N–H and O–H groups in total. The van der Waals surface area contributed by atoms with Gasteiger partial charge in [0.1, 0.15) is 0 Å². The Morgan fingerprint density at radius 1 is 1.30 bits per heavy atom. The lowest BCUT2D eigenvalue weighted by molar-refractivity contribution is -0.139. The first-order chi connectivity index (χ1) is 9.49. The van der Waals surface area contributed by atoms with Crippen LogP contribution in [0.3, 0.4) is 0 Å². The van der Waals surface area contributed by atoms with Crippen molar-refractivity contribution in [2.24, 2.45) is 5.92 Å². The zero-order chi connectivity index (χ0) is 15.1. The first-order valence-corrected chi connectivity index (χ1v) is 7.38. The maximum absolute atomic E-state index is 12.5. The Balaban J connectivity index is 2.59. The first-order valence-electron chi connectivity index (χ1n) is 7.38. The van der Waals surface area contributed by atoms with E-state index in [1.54, 1.807) is 4.90 Å². The Kier molecular flexibility index (Phi) is 6.95. The van der Waals surface area contributed by atoms with Gasteiger partial charge in [0.2, 0.25) is 11.8 Å². The zero-order valence-electron chi connectivity index (χ0n) is 12.9. The molecular formula is C14H27N3O3. The molecule has 1 aliphatic heterocycles. The van der Waals surface area contributed by atoms with Crippen LogP contribution in [0.25, 0.3) is 0 Å². The summed E-state index contributed by atoms with van der Waals surface area (Å²) in [5.41, 5.74) is 0. The molecule has 6 heteroatoms. The van der Waals surface area contributed by atoms with Gasteiger partial charge in [0, 0.05) is 18.6 Å². The molecule has 116 valence electrons. The predicted molar refractivity (Wildman–Crippen MR) is 77.3 cm³/mol. The Bertz CT molecular complexity index is 334. The number of carbonyl (C=O) groups excluding carboxylic acids is 2. The van der Waals surface area contributed by atoms with E-state index < -0.39 is 0 Å². The van der Waals surface area contributed by atoms with Crippen LogP contribution in [-0.2, 0) is 14.3 Å². The topological polar surface area (TPSA) is 70.7 Å². The normalized spacial score (nSPS) is 22.1. The summed E-state index contributed by atoms with van der Waals surface area (Å²) in [4.78, 5) is 25.9. The Hall–Kier alpha value is -1.14. The second kappa shape index (κ2) is 8.21. The lowest BCUT2D eigenvalue weighted by atomic mass is 10.0. The molecule has 0 radical (unpaired) electrons. The number of carbonyl (C=O) groups is 2. The molecule has 0 bridgehead atoms. The SMILES string of the molecule is CCNC1COCC1C(=O)N(CC)CC(=O)NC(C)C. The molecular weight excluding hydrogens is 258 g/mol. The smallest absolute Gasteiger partial charge is 0.239 e. The van der Waals surface area contributed by atoms with Gasteiger partial charge in [-0.3, -0.25) is 9.59 Å². The maximum atomic E-state index is 12.5. The van der Waals surface area contributed by atoms with E-state index in [0.717, 1.165) is 6.54 Å². The average molecular weight is 285 g/mol. The molecule has 0 aromatic heterocycles. The molecule has 0 aromatic rings. The number of hydrogen-bond donors (Lipinski definition) is 2. The third kappa shape index (κ3) is 4.76. The summed E-state index contributed by atoms with van der Waals surface area (Å²) in [5.74, 6) is -0.314. The van der Waals surface area contributed by atoms with Crippen LogP contribution >= 0.6 is 0 Å². The standard InChI is InChI=1S/C14H27N3O3/c1-5-15-12-9-20-8-11(12)14(19)17(6-2)7-13(18)16-10(3)4/h10-12,15H,5-9H2,1-4H3,(H,16,18). The summed E-state index contributed by atoms with van der Waals surface area (Å²) in [6, 6.07) is 0.135. The van der Waals surface area contributed by atoms with Crippen molar-refractivity contribution in [3.05, 3.63) is 0 Å². The third-order valence-corrected chi connectivity index (χ3v) is 3.34. The largest absolute Gasteiger partial charge is 0.379 e. The zero-order valence-corrected chi connectivity index (χ0v) is 12.9. The van der Waals surface area contributed by atoms with Crippen LogP contribution in [0.4, 0.5) is 0 Å². The summed E-state index contributed by atoms with van der Waals surface area (Å²) in [6.07, 6.45) is 0. The Morgan fingerprint density at radius 2 is 2.00 bits per heavy atom. The fourth-order valence-electron chi connectivity index (χ4n) is 2.38. The Labute approximate surface area is 121 Å². The predicted octanol–water partition coefficient (Wildman–Crippen LogP) is -0.0160. The van der Waals surface area contributed by atoms with Gasteiger partial charge < -0.3 is 20.3 Å². The van der Waals surface area contributed by atoms with E-state index in [0.29, 0.717) is 19.8 Å². The lowest BCUT2D eigenvalue weighted by Crippen LogP contribution is -2.49. The minimum atomic E-state index is -0.193. The molecule has 1 saturated heterocycles. The molecule has 1 rings (SSSR count). The van der Waals surface area contributed by atoms with Crippen molar-refractivity contribution in [1.29, 1.82) is 0 Å². The highest BCUT2D eigenvalue weighted by Gasteiger charge is 2.36. The third-order valence-electron chi connectivity index (χ3n) is 3.34. The van der Waals surface area contributed by atoms with Crippen LogP contribution in [0.1, 0.15) is 27.7 Å². The minimum absolute atomic E-state index is 0.00476. The van der Waals surface area contributed by atoms with E-state index in [4.69, 9.17) is 4.74 Å². The summed E-state index contributed by atoms with van der Waals surface area (Å²) in [7, 11) is 0. The molecule has 1 heterocycles. The molecule has 0 spiro atoms. The van der Waals surface area contributed by atoms with E-state index in [2.05, 4.69) is 10.6 Å². The van der Waals surface area contributed by atoms with Gasteiger partial charge in [0.05, 0.1) is 25.7 Å². The molecule has 1 fully saturated rings. The fraction of sp³-hybridized carbons (Fsp3) is 0.857. The van der Waals surface area contributed by atoms with Crippen molar-refractivity contribution in [1.82, 2.24) is 15.5 Å². The molecule has 0 aromatic carbocycles. The highest BCUT2D eigenvalue weighted by Crippen LogP contribution is 2.16. The van der Waals surface area contributed by atoms with Gasteiger partial charge in [-0.1, -0.05) is 6.92 Å². The number of rotatable bonds is 7. The summed E-state index contributed by atoms with van der Waals surface area (Å²) in [5, 5.41) is 6.08. The van der Waals surface area contributed by atoms with E-state index in [-0.39, 0.29) is 36.4 Å². The average Bonchev–Trinajstić information content (AvgIpc) is 2.83. The van der Waals surface area contributed by atoms with E-state index in [9.17, 15) is 9.59 Å². The van der Waals surface area contributed by atoms with Gasteiger partial charge in [0.15, 0.2) is 0 Å². The molecule has 2 atom stereocenters. The van der Waals surface area contributed by atoms with Crippen LogP contribution in [0.5, 0.6) is 0 Å². The van der Waals surface area contributed by atoms with Crippen molar-refractivity contribution in [2.75, 3.05) is 32.8 Å². The van der Waals surface area contributed by atoms with Crippen molar-refractivity contribution in [2.45, 2.75) is 39.8 Å². The van der Waals surface area contributed by atoms with Crippen molar-refractivity contribution in [3.8, 4) is 0 Å². The van der Waals surface area contributed by atoms with Gasteiger partial charge in [0.25, 0.3) is 0 Å². The number of hydrogen-bond acceptors (Lipinski definition) is 4. The second-order valence-electron chi connectivity index (χ2n) is 5.38. The molecule has 2 unspecified atom stereocenters. The van der Waals surface area contributed by atoms with Gasteiger partial charge >= 0.3 is 0 Å². The number of ether oxygens (including phenoxy) is 1. The number of amides is 2. The van der Waals surface area contributed by atoms with Crippen molar-refractivity contribution >= 4 is 11.8 Å². The number of likely N-dealkylation sites (N-methyl/N-ethyl adjacent to an activating group) is 2. The number of nitrogens with zero attached hydrogens (tertiary/aromatic N) is 1. The van der Waals surface area contributed by atoms with Gasteiger partial charge in [-0.05, 0) is 27.3 Å². The van der Waals surface area contributed by atoms with Crippen LogP contribution in [0, 0.1) is 5.92 Å². The summed E-state index contributed by atoms with van der Waals surface area (Å²) in [6.45, 7) is 10.1. The lowest BCUT2D eigenvalue weighted by Gasteiger charge is -2.26.